The summed E-state index contributed by atoms with van der Waals surface area (Å²) in [6.07, 6.45) is 7.76. The second-order valence-electron chi connectivity index (χ2n) is 23.5. The van der Waals surface area contributed by atoms with E-state index in [0.717, 1.165) is 54.6 Å². The van der Waals surface area contributed by atoms with Crippen LogP contribution in [0.25, 0.3) is 34.0 Å². The first-order chi connectivity index (χ1) is 48.6. The summed E-state index contributed by atoms with van der Waals surface area (Å²) >= 11 is 1.18. The Morgan fingerprint density at radius 3 is 1.87 bits per heavy atom. The predicted octanol–water partition coefficient (Wildman–Crippen LogP) is 2.32. The van der Waals surface area contributed by atoms with Gasteiger partial charge in [0.15, 0.2) is 0 Å². The van der Waals surface area contributed by atoms with Crippen molar-refractivity contribution in [3.05, 3.63) is 173 Å². The second kappa shape index (κ2) is 37.9. The summed E-state index contributed by atoms with van der Waals surface area (Å²) in [5, 5.41) is 22.2. The molecule has 4 unspecified atom stereocenters. The lowest BCUT2D eigenvalue weighted by Gasteiger charge is -2.27. The fourth-order valence-corrected chi connectivity index (χ4v) is 12.4. The van der Waals surface area contributed by atoms with E-state index in [2.05, 4.69) is 75.0 Å². The second-order valence-corrected chi connectivity index (χ2v) is 24.8. The van der Waals surface area contributed by atoms with Crippen LogP contribution in [0, 0.1) is 0 Å². The van der Waals surface area contributed by atoms with Gasteiger partial charge in [-0.05, 0) is 58.0 Å². The van der Waals surface area contributed by atoms with Crippen molar-refractivity contribution in [3.63, 3.8) is 0 Å². The number of aromatic amines is 2. The molecule has 2 aromatic heterocycles. The normalized spacial score (nSPS) is 14.5. The number of urea groups is 1. The summed E-state index contributed by atoms with van der Waals surface area (Å²) in [6, 6.07) is 35.3. The number of carbonyl (C=O) groups is 11. The zero-order valence-electron chi connectivity index (χ0n) is 55.3. The van der Waals surface area contributed by atoms with Crippen molar-refractivity contribution in [1.29, 1.82) is 0 Å². The lowest BCUT2D eigenvalue weighted by Crippen LogP contribution is -2.59. The highest BCUT2D eigenvalue weighted by Crippen LogP contribution is 2.30. The summed E-state index contributed by atoms with van der Waals surface area (Å²) in [4.78, 5) is 155. The molecule has 0 spiro atoms. The van der Waals surface area contributed by atoms with Crippen LogP contribution in [-0.2, 0) is 83.2 Å². The van der Waals surface area contributed by atoms with Gasteiger partial charge in [-0.15, -0.1) is 11.8 Å². The third-order valence-corrected chi connectivity index (χ3v) is 17.7. The molecule has 0 aliphatic carbocycles. The summed E-state index contributed by atoms with van der Waals surface area (Å²) in [6.45, 7) is 0.248. The van der Waals surface area contributed by atoms with Crippen LogP contribution in [0.2, 0.25) is 0 Å². The molecule has 0 bridgehead atoms. The van der Waals surface area contributed by atoms with Crippen molar-refractivity contribution >= 4 is 117 Å². The Hall–Kier alpha value is -10.7. The van der Waals surface area contributed by atoms with Gasteiger partial charge in [0.2, 0.25) is 59.1 Å². The summed E-state index contributed by atoms with van der Waals surface area (Å²) in [5.74, 6) is -4.74. The van der Waals surface area contributed by atoms with Crippen LogP contribution in [0.5, 0.6) is 0 Å². The molecule has 28 nitrogen and oxygen atoms in total. The number of anilines is 1. The van der Waals surface area contributed by atoms with E-state index < -0.39 is 83.8 Å². The van der Waals surface area contributed by atoms with E-state index >= 15 is 0 Å². The van der Waals surface area contributed by atoms with Crippen LogP contribution >= 0.6 is 11.8 Å². The number of hydrogen-bond acceptors (Lipinski definition) is 16. The Morgan fingerprint density at radius 1 is 0.560 bits per heavy atom. The monoisotopic (exact) mass is 1390 g/mol. The number of fused-ring (bicyclic) bond motifs is 4. The Bertz CT molecular complexity index is 4050. The third kappa shape index (κ3) is 21.9. The summed E-state index contributed by atoms with van der Waals surface area (Å²) in [5.41, 5.74) is 15.0. The number of ether oxygens (including phenoxy) is 2. The van der Waals surface area contributed by atoms with Gasteiger partial charge in [-0.2, -0.15) is 5.53 Å². The van der Waals surface area contributed by atoms with E-state index in [0.29, 0.717) is 17.7 Å². The highest BCUT2D eigenvalue weighted by Gasteiger charge is 2.39. The van der Waals surface area contributed by atoms with Crippen LogP contribution in [-0.4, -0.2) is 182 Å². The number of para-hydroxylation sites is 3. The van der Waals surface area contributed by atoms with Gasteiger partial charge in [-0.1, -0.05) is 121 Å². The molecule has 1 fully saturated rings. The smallest absolute Gasteiger partial charge is 0.329 e. The van der Waals surface area contributed by atoms with Gasteiger partial charge in [-0.3, -0.25) is 58.3 Å². The maximum atomic E-state index is 14.6. The molecule has 5 aromatic carbocycles. The van der Waals surface area contributed by atoms with E-state index in [1.807, 2.05) is 121 Å². The first-order valence-electron chi connectivity index (χ1n) is 32.9. The van der Waals surface area contributed by atoms with Crippen LogP contribution in [0.1, 0.15) is 59.1 Å². The van der Waals surface area contributed by atoms with Crippen molar-refractivity contribution in [2.45, 2.75) is 74.9 Å². The number of nitrogens with zero attached hydrogens (tertiary/aromatic N) is 2. The Kier molecular flexibility index (Phi) is 27.8. The molecule has 12 amide bonds. The lowest BCUT2D eigenvalue weighted by molar-refractivity contribution is -0.138. The van der Waals surface area contributed by atoms with Crippen molar-refractivity contribution in [2.24, 2.45) is 0 Å². The number of amides is 12. The van der Waals surface area contributed by atoms with Gasteiger partial charge in [0.05, 0.1) is 57.0 Å². The Morgan fingerprint density at radius 2 is 1.15 bits per heavy atom. The van der Waals surface area contributed by atoms with Crippen LogP contribution < -0.4 is 63.8 Å². The molecule has 2 aliphatic rings. The number of thioether (sulfide) groups is 1. The SMILES string of the molecule is CNC(=O)NNNC(Cc1ccccc1)C(=O)NCC(=O)NC(Cc1c[nH]c2ccccc12)C(=O)NC(Cc1c[nH]c2ccccc12)C(=O)NCC(=O)NCCN1C(=O)CC(SCCC(=O)NCCOCCOCCC(=O)NCCC(=O)N2Cc3ccccc3/C=C\c3ccccc32)C1=O. The first-order valence-corrected chi connectivity index (χ1v) is 34.0. The third-order valence-electron chi connectivity index (χ3n) is 16.5. The number of benzene rings is 5. The number of rotatable bonds is 37. The van der Waals surface area contributed by atoms with Gasteiger partial charge in [0.1, 0.15) is 18.1 Å². The average Bonchev–Trinajstić information content (AvgIpc) is 1.29. The standard InChI is InChI=1S/C71H83N15O13S/c1-72-71(97)83-84-82-58(37-46-13-3-2-4-14-46)68(94)79-44-64(90)80-57(39-51-42-77-55-21-11-9-19-53(51)55)69(95)81-56(38-50-41-76-54-20-10-8-18-52(50)54)67(93)78-43-63(89)74-29-31-85-66(92)40-60(70(85)96)100-36-27-62(88)75-30-33-99-35-34-98-32-26-61(87)73-28-25-65(91)86-45-49-17-6-5-15-47(49)23-24-48-16-7-12-22-59(48)86/h2-24,41-42,56-58,60,76-77,82,84H,25-40,43-45H2,1H3,(H,73,87)(H,74,89)(H,75,88)(H,78,93)(H,79,94)(H,80,90)(H,81,95)(H2,72,83,97)/b24-23-. The molecular weight excluding hydrogens is 1300 g/mol. The molecular formula is C71H83N15O13S. The lowest BCUT2D eigenvalue weighted by atomic mass is 10.0. The number of aromatic nitrogens is 2. The summed E-state index contributed by atoms with van der Waals surface area (Å²) < 4.78 is 11.1. The molecule has 0 saturated carbocycles. The molecule has 13 N–H and O–H groups in total. The van der Waals surface area contributed by atoms with Gasteiger partial charge < -0.3 is 66.9 Å². The minimum atomic E-state index is -1.30. The minimum absolute atomic E-state index is 0.0462. The van der Waals surface area contributed by atoms with Gasteiger partial charge in [0, 0.05) is 112 Å². The van der Waals surface area contributed by atoms with E-state index in [4.69, 9.17) is 9.47 Å². The van der Waals surface area contributed by atoms with E-state index in [-0.39, 0.29) is 121 Å². The predicted molar refractivity (Wildman–Crippen MR) is 377 cm³/mol. The molecule has 2 aliphatic heterocycles. The highest BCUT2D eigenvalue weighted by atomic mass is 32.2. The maximum Gasteiger partial charge on any atom is 0.329 e. The average molecular weight is 1390 g/mol. The van der Waals surface area contributed by atoms with Gasteiger partial charge in [-0.25, -0.2) is 10.2 Å². The Labute approximate surface area is 581 Å². The van der Waals surface area contributed by atoms with E-state index in [9.17, 15) is 52.7 Å². The molecule has 0 radical (unpaired) electrons. The number of likely N-dealkylation sites (tertiary alicyclic amines) is 1. The fraction of sp³-hybridized carbons (Fsp3) is 0.338. The first kappa shape index (κ1) is 73.5. The molecule has 100 heavy (non-hydrogen) atoms. The number of hydrogen-bond donors (Lipinski definition) is 13. The molecule has 9 rings (SSSR count). The minimum Gasteiger partial charge on any atom is -0.379 e. The largest absolute Gasteiger partial charge is 0.379 e. The molecule has 1 saturated heterocycles. The number of nitrogens with one attached hydrogen (secondary N) is 13. The molecule has 29 heteroatoms. The zero-order valence-corrected chi connectivity index (χ0v) is 56.1. The van der Waals surface area contributed by atoms with Gasteiger partial charge in [0.25, 0.3) is 0 Å². The fourth-order valence-electron chi connectivity index (χ4n) is 11.3. The van der Waals surface area contributed by atoms with E-state index in [1.54, 1.807) is 29.4 Å². The molecule has 4 atom stereocenters. The van der Waals surface area contributed by atoms with Gasteiger partial charge >= 0.3 is 6.03 Å². The quantitative estimate of drug-likeness (QED) is 0.0151. The highest BCUT2D eigenvalue weighted by molar-refractivity contribution is 8.00. The van der Waals surface area contributed by atoms with Crippen LogP contribution in [0.15, 0.2) is 140 Å². The molecule has 7 aromatic rings. The van der Waals surface area contributed by atoms with E-state index in [1.165, 1.54) is 18.8 Å². The van der Waals surface area contributed by atoms with Crippen molar-refractivity contribution < 1.29 is 62.2 Å². The topological polar surface area (TPSA) is 377 Å². The maximum absolute atomic E-state index is 14.6. The number of hydrazine groups is 2. The van der Waals surface area contributed by atoms with Crippen molar-refractivity contribution in [2.75, 3.05) is 83.4 Å². The van der Waals surface area contributed by atoms with Crippen molar-refractivity contribution in [1.82, 2.24) is 73.8 Å². The van der Waals surface area contributed by atoms with Crippen LogP contribution in [0.3, 0.4) is 0 Å². The van der Waals surface area contributed by atoms with Crippen LogP contribution in [0.4, 0.5) is 10.5 Å². The molecule has 4 heterocycles. The molecule has 526 valence electrons. The summed E-state index contributed by atoms with van der Waals surface area (Å²) in [7, 11) is 1.41. The van der Waals surface area contributed by atoms with Crippen molar-refractivity contribution in [3.8, 4) is 0 Å². The Balaban J connectivity index is 0.669. The zero-order chi connectivity index (χ0) is 70.6. The number of imide groups is 1. The number of carbonyl (C=O) groups excluding carboxylic acids is 11. The number of H-pyrrole nitrogens is 2.